The predicted molar refractivity (Wildman–Crippen MR) is 141 cm³/mol. The van der Waals surface area contributed by atoms with Crippen molar-refractivity contribution in [3.8, 4) is 16.9 Å². The predicted octanol–water partition coefficient (Wildman–Crippen LogP) is 4.36. The molecule has 35 heavy (non-hydrogen) atoms. The molecule has 0 aliphatic carbocycles. The molecular formula is C27H30N4O3S. The fraction of sp³-hybridized carbons (Fsp3) is 0.222. The number of rotatable bonds is 9. The van der Waals surface area contributed by atoms with Gasteiger partial charge in [-0.15, -0.1) is 0 Å². The molecule has 0 aliphatic rings. The zero-order valence-corrected chi connectivity index (χ0v) is 20.8. The van der Waals surface area contributed by atoms with Gasteiger partial charge >= 0.3 is 4.87 Å². The summed E-state index contributed by atoms with van der Waals surface area (Å²) in [5.41, 5.74) is 9.13. The lowest BCUT2D eigenvalue weighted by Crippen LogP contribution is -2.13. The van der Waals surface area contributed by atoms with Crippen LogP contribution in [-0.2, 0) is 13.0 Å². The average Bonchev–Trinajstić information content (AvgIpc) is 3.29. The van der Waals surface area contributed by atoms with E-state index in [1.807, 2.05) is 44.4 Å². The number of aromatic amines is 1. The molecule has 4 aromatic rings. The second-order valence-electron chi connectivity index (χ2n) is 8.16. The number of hydrogen-bond donors (Lipinski definition) is 2. The maximum atomic E-state index is 11.0. The molecule has 3 N–H and O–H groups in total. The molecule has 0 spiro atoms. The van der Waals surface area contributed by atoms with Crippen LogP contribution in [0.5, 0.6) is 5.75 Å². The summed E-state index contributed by atoms with van der Waals surface area (Å²) in [4.78, 5) is 23.8. The van der Waals surface area contributed by atoms with Gasteiger partial charge < -0.3 is 15.4 Å². The molecule has 4 rings (SSSR count). The molecule has 7 nitrogen and oxygen atoms in total. The van der Waals surface area contributed by atoms with Crippen molar-refractivity contribution in [2.24, 2.45) is 5.73 Å². The number of H-pyrrole nitrogens is 1. The molecule has 1 amide bonds. The summed E-state index contributed by atoms with van der Waals surface area (Å²) in [7, 11) is 4.07. The standard InChI is InChI=1S/C20H17NO2.C7H13N3OS/c21-20(22)17-9-11-19(12-10-17)23-14-15-5-4-8-18(13-15)16-6-2-1-3-7-16;1-10(2)5-3-4-6-8-9-7(11)12-6/h1-13H,14H2,(H2,21,22);3-5H2,1-2H3,(H,9,11). The summed E-state index contributed by atoms with van der Waals surface area (Å²) in [6.07, 6.45) is 1.94. The number of primary amides is 1. The largest absolute Gasteiger partial charge is 0.489 e. The van der Waals surface area contributed by atoms with Crippen molar-refractivity contribution in [2.75, 3.05) is 20.6 Å². The van der Waals surface area contributed by atoms with E-state index < -0.39 is 5.91 Å². The Morgan fingerprint density at radius 2 is 1.71 bits per heavy atom. The molecule has 0 aliphatic heterocycles. The number of ether oxygens (including phenoxy) is 1. The van der Waals surface area contributed by atoms with E-state index >= 15 is 0 Å². The first-order valence-corrected chi connectivity index (χ1v) is 12.1. The molecule has 182 valence electrons. The maximum Gasteiger partial charge on any atom is 0.322 e. The minimum atomic E-state index is -0.438. The topological polar surface area (TPSA) is 101 Å². The van der Waals surface area contributed by atoms with E-state index in [-0.39, 0.29) is 4.87 Å². The number of aryl methyl sites for hydroxylation is 1. The van der Waals surface area contributed by atoms with E-state index in [4.69, 9.17) is 10.5 Å². The molecule has 1 heterocycles. The van der Waals surface area contributed by atoms with Crippen LogP contribution in [0, 0.1) is 0 Å². The second kappa shape index (κ2) is 13.2. The van der Waals surface area contributed by atoms with Crippen LogP contribution in [0.4, 0.5) is 0 Å². The first-order valence-electron chi connectivity index (χ1n) is 11.3. The molecule has 0 unspecified atom stereocenters. The SMILES string of the molecule is CN(C)CCCc1n[nH]c(=O)s1.NC(=O)c1ccc(OCc2cccc(-c3ccccc3)c2)cc1. The first kappa shape index (κ1) is 25.9. The monoisotopic (exact) mass is 490 g/mol. The fourth-order valence-corrected chi connectivity index (χ4v) is 3.91. The van der Waals surface area contributed by atoms with E-state index in [2.05, 4.69) is 39.4 Å². The summed E-state index contributed by atoms with van der Waals surface area (Å²) in [5.74, 6) is 0.271. The third-order valence-corrected chi connectivity index (χ3v) is 5.86. The van der Waals surface area contributed by atoms with Crippen molar-refractivity contribution >= 4 is 17.2 Å². The van der Waals surface area contributed by atoms with Crippen molar-refractivity contribution in [3.63, 3.8) is 0 Å². The van der Waals surface area contributed by atoms with Gasteiger partial charge in [0.15, 0.2) is 0 Å². The van der Waals surface area contributed by atoms with Crippen LogP contribution in [-0.4, -0.2) is 41.6 Å². The van der Waals surface area contributed by atoms with Gasteiger partial charge in [-0.05, 0) is 74.1 Å². The zero-order valence-electron chi connectivity index (χ0n) is 19.9. The molecule has 3 aromatic carbocycles. The highest BCUT2D eigenvalue weighted by Crippen LogP contribution is 2.21. The Labute approximate surface area is 209 Å². The number of carbonyl (C=O) groups is 1. The molecule has 0 saturated carbocycles. The second-order valence-corrected chi connectivity index (χ2v) is 9.20. The van der Waals surface area contributed by atoms with Crippen LogP contribution < -0.4 is 15.3 Å². The van der Waals surface area contributed by atoms with Crippen LogP contribution in [0.3, 0.4) is 0 Å². The highest BCUT2D eigenvalue weighted by atomic mass is 32.1. The van der Waals surface area contributed by atoms with Gasteiger partial charge in [0.25, 0.3) is 0 Å². The van der Waals surface area contributed by atoms with Gasteiger partial charge in [0.05, 0.1) is 0 Å². The Balaban J connectivity index is 0.000000241. The first-order chi connectivity index (χ1) is 16.9. The van der Waals surface area contributed by atoms with Crippen molar-refractivity contribution in [1.82, 2.24) is 15.1 Å². The Morgan fingerprint density at radius 1 is 1.00 bits per heavy atom. The normalized spacial score (nSPS) is 10.5. The third-order valence-electron chi connectivity index (χ3n) is 5.06. The van der Waals surface area contributed by atoms with E-state index in [1.54, 1.807) is 24.3 Å². The van der Waals surface area contributed by atoms with Crippen LogP contribution >= 0.6 is 11.3 Å². The lowest BCUT2D eigenvalue weighted by Gasteiger charge is -2.08. The van der Waals surface area contributed by atoms with Gasteiger partial charge in [-0.2, -0.15) is 5.10 Å². The Hall–Kier alpha value is -3.75. The smallest absolute Gasteiger partial charge is 0.322 e. The maximum absolute atomic E-state index is 11.0. The molecule has 0 radical (unpaired) electrons. The highest BCUT2D eigenvalue weighted by Gasteiger charge is 2.03. The van der Waals surface area contributed by atoms with Gasteiger partial charge in [-0.1, -0.05) is 59.9 Å². The molecule has 0 atom stereocenters. The van der Waals surface area contributed by atoms with Crippen molar-refractivity contribution in [1.29, 1.82) is 0 Å². The molecule has 1 aromatic heterocycles. The number of amides is 1. The van der Waals surface area contributed by atoms with Gasteiger partial charge in [-0.25, -0.2) is 5.10 Å². The van der Waals surface area contributed by atoms with Crippen LogP contribution in [0.2, 0.25) is 0 Å². The molecule has 0 fully saturated rings. The summed E-state index contributed by atoms with van der Waals surface area (Å²) in [6, 6.07) is 25.3. The minimum absolute atomic E-state index is 0.0603. The van der Waals surface area contributed by atoms with E-state index in [1.165, 1.54) is 16.9 Å². The Bertz CT molecular complexity index is 1250. The molecular weight excluding hydrogens is 460 g/mol. The number of nitrogens with two attached hydrogens (primary N) is 1. The van der Waals surface area contributed by atoms with Crippen molar-refractivity contribution < 1.29 is 9.53 Å². The van der Waals surface area contributed by atoms with Gasteiger partial charge in [0.1, 0.15) is 17.4 Å². The number of hydrogen-bond acceptors (Lipinski definition) is 6. The summed E-state index contributed by atoms with van der Waals surface area (Å²) >= 11 is 1.20. The third kappa shape index (κ3) is 8.84. The number of nitrogens with zero attached hydrogens (tertiary/aromatic N) is 2. The fourth-order valence-electron chi connectivity index (χ4n) is 3.27. The Kier molecular flexibility index (Phi) is 9.77. The van der Waals surface area contributed by atoms with Crippen molar-refractivity contribution in [3.05, 3.63) is 105 Å². The van der Waals surface area contributed by atoms with Crippen LogP contribution in [0.1, 0.15) is 27.3 Å². The van der Waals surface area contributed by atoms with Crippen LogP contribution in [0.25, 0.3) is 11.1 Å². The highest BCUT2D eigenvalue weighted by molar-refractivity contribution is 7.08. The lowest BCUT2D eigenvalue weighted by atomic mass is 10.0. The molecule has 8 heteroatoms. The van der Waals surface area contributed by atoms with Crippen molar-refractivity contribution in [2.45, 2.75) is 19.4 Å². The molecule has 0 saturated heterocycles. The summed E-state index contributed by atoms with van der Waals surface area (Å²) in [6.45, 7) is 1.50. The van der Waals surface area contributed by atoms with Gasteiger partial charge in [0.2, 0.25) is 5.91 Å². The number of benzene rings is 3. The molecule has 0 bridgehead atoms. The summed E-state index contributed by atoms with van der Waals surface area (Å²) < 4.78 is 5.77. The Morgan fingerprint density at radius 3 is 2.34 bits per heavy atom. The quantitative estimate of drug-likeness (QED) is 0.363. The average molecular weight is 491 g/mol. The van der Waals surface area contributed by atoms with Gasteiger partial charge in [-0.3, -0.25) is 9.59 Å². The summed E-state index contributed by atoms with van der Waals surface area (Å²) in [5, 5.41) is 7.19. The van der Waals surface area contributed by atoms with E-state index in [0.717, 1.165) is 35.5 Å². The minimum Gasteiger partial charge on any atom is -0.489 e. The van der Waals surface area contributed by atoms with Gasteiger partial charge in [0, 0.05) is 12.0 Å². The number of carbonyl (C=O) groups excluding carboxylic acids is 1. The number of aromatic nitrogens is 2. The lowest BCUT2D eigenvalue weighted by molar-refractivity contribution is 0.1000. The number of nitrogens with one attached hydrogen (secondary N) is 1. The van der Waals surface area contributed by atoms with E-state index in [9.17, 15) is 9.59 Å². The van der Waals surface area contributed by atoms with E-state index in [0.29, 0.717) is 17.9 Å². The van der Waals surface area contributed by atoms with Crippen LogP contribution in [0.15, 0.2) is 83.7 Å². The zero-order chi connectivity index (χ0) is 25.0.